The summed E-state index contributed by atoms with van der Waals surface area (Å²) in [6, 6.07) is 15.4. The zero-order valence-electron chi connectivity index (χ0n) is 13.6. The lowest BCUT2D eigenvalue weighted by atomic mass is 10.1. The Balaban J connectivity index is 1.65. The predicted molar refractivity (Wildman–Crippen MR) is 90.5 cm³/mol. The second-order valence-electron chi connectivity index (χ2n) is 5.99. The van der Waals surface area contributed by atoms with Crippen LogP contribution in [0.2, 0.25) is 0 Å². The van der Waals surface area contributed by atoms with E-state index in [2.05, 4.69) is 4.90 Å². The van der Waals surface area contributed by atoms with E-state index in [-0.39, 0.29) is 5.92 Å². The number of carbonyl (C=O) groups is 1. The topological polar surface area (TPSA) is 59.0 Å². The third-order valence-electron chi connectivity index (χ3n) is 4.20. The van der Waals surface area contributed by atoms with Gasteiger partial charge >= 0.3 is 5.97 Å². The van der Waals surface area contributed by atoms with E-state index in [0.29, 0.717) is 6.54 Å². The van der Waals surface area contributed by atoms with Gasteiger partial charge in [-0.05, 0) is 42.8 Å². The molecule has 0 radical (unpaired) electrons. The van der Waals surface area contributed by atoms with Crippen molar-refractivity contribution in [3.05, 3.63) is 54.1 Å². The maximum absolute atomic E-state index is 11.1. The first-order chi connectivity index (χ1) is 11.6. The number of ether oxygens (including phenoxy) is 2. The van der Waals surface area contributed by atoms with Crippen LogP contribution in [0.1, 0.15) is 12.0 Å². The number of benzene rings is 2. The van der Waals surface area contributed by atoms with Crippen molar-refractivity contribution >= 4 is 5.97 Å². The van der Waals surface area contributed by atoms with Crippen molar-refractivity contribution in [3.8, 4) is 17.2 Å². The summed E-state index contributed by atoms with van der Waals surface area (Å²) in [7, 11) is 1.63. The highest BCUT2D eigenvalue weighted by Gasteiger charge is 2.27. The van der Waals surface area contributed by atoms with E-state index < -0.39 is 5.97 Å². The van der Waals surface area contributed by atoms with Crippen LogP contribution < -0.4 is 9.47 Å². The van der Waals surface area contributed by atoms with Crippen LogP contribution in [0, 0.1) is 5.92 Å². The Labute approximate surface area is 141 Å². The molecule has 1 fully saturated rings. The molecule has 1 atom stereocenters. The zero-order valence-corrected chi connectivity index (χ0v) is 13.6. The van der Waals surface area contributed by atoms with Crippen LogP contribution >= 0.6 is 0 Å². The summed E-state index contributed by atoms with van der Waals surface area (Å²) in [5.74, 6) is 1.28. The van der Waals surface area contributed by atoms with Crippen LogP contribution in [-0.2, 0) is 11.3 Å². The number of likely N-dealkylation sites (tertiary alicyclic amines) is 1. The summed E-state index contributed by atoms with van der Waals surface area (Å²) in [6.07, 6.45) is 0.718. The minimum absolute atomic E-state index is 0.249. The monoisotopic (exact) mass is 327 g/mol. The average Bonchev–Trinajstić information content (AvgIpc) is 3.04. The minimum Gasteiger partial charge on any atom is -0.497 e. The molecule has 1 unspecified atom stereocenters. The van der Waals surface area contributed by atoms with Crippen LogP contribution in [0.25, 0.3) is 0 Å². The van der Waals surface area contributed by atoms with Gasteiger partial charge in [-0.15, -0.1) is 0 Å². The fraction of sp³-hybridized carbons (Fsp3) is 0.316. The van der Waals surface area contributed by atoms with E-state index in [9.17, 15) is 4.79 Å². The summed E-state index contributed by atoms with van der Waals surface area (Å²) in [4.78, 5) is 13.2. The van der Waals surface area contributed by atoms with Crippen molar-refractivity contribution in [1.82, 2.24) is 4.90 Å². The van der Waals surface area contributed by atoms with Gasteiger partial charge in [-0.3, -0.25) is 9.69 Å². The van der Waals surface area contributed by atoms with Crippen LogP contribution in [0.3, 0.4) is 0 Å². The number of methoxy groups -OCH3 is 1. The van der Waals surface area contributed by atoms with Crippen molar-refractivity contribution < 1.29 is 19.4 Å². The zero-order chi connectivity index (χ0) is 16.9. The number of nitrogens with zero attached hydrogens (tertiary/aromatic N) is 1. The molecule has 0 spiro atoms. The van der Waals surface area contributed by atoms with Gasteiger partial charge in [-0.2, -0.15) is 0 Å². The van der Waals surface area contributed by atoms with E-state index in [1.807, 2.05) is 48.5 Å². The average molecular weight is 327 g/mol. The highest BCUT2D eigenvalue weighted by atomic mass is 16.5. The molecule has 1 N–H and O–H groups in total. The summed E-state index contributed by atoms with van der Waals surface area (Å²) in [6.45, 7) is 2.16. The molecule has 2 aromatic carbocycles. The molecule has 0 aromatic heterocycles. The molecule has 2 aromatic rings. The van der Waals surface area contributed by atoms with Gasteiger partial charge in [-0.1, -0.05) is 18.2 Å². The van der Waals surface area contributed by atoms with E-state index in [4.69, 9.17) is 14.6 Å². The third kappa shape index (κ3) is 4.06. The van der Waals surface area contributed by atoms with Gasteiger partial charge < -0.3 is 14.6 Å². The van der Waals surface area contributed by atoms with Crippen molar-refractivity contribution in [3.63, 3.8) is 0 Å². The SMILES string of the molecule is COc1cccc(Oc2cccc(CN3CCC(C(=O)O)C3)c2)c1. The highest BCUT2D eigenvalue weighted by Crippen LogP contribution is 2.26. The molecule has 0 bridgehead atoms. The number of carboxylic acids is 1. The molecule has 126 valence electrons. The summed E-state index contributed by atoms with van der Waals surface area (Å²) in [5, 5.41) is 9.09. The second kappa shape index (κ2) is 7.36. The Hall–Kier alpha value is -2.53. The first kappa shape index (κ1) is 16.3. The molecule has 1 aliphatic rings. The van der Waals surface area contributed by atoms with Gasteiger partial charge in [0.1, 0.15) is 17.2 Å². The van der Waals surface area contributed by atoms with Crippen molar-refractivity contribution in [2.75, 3.05) is 20.2 Å². The molecular formula is C19H21NO4. The van der Waals surface area contributed by atoms with Gasteiger partial charge in [0.25, 0.3) is 0 Å². The van der Waals surface area contributed by atoms with Gasteiger partial charge in [-0.25, -0.2) is 0 Å². The second-order valence-corrected chi connectivity index (χ2v) is 5.99. The summed E-state index contributed by atoms with van der Waals surface area (Å²) in [5.41, 5.74) is 1.11. The largest absolute Gasteiger partial charge is 0.497 e. The molecule has 5 nitrogen and oxygen atoms in total. The Kier molecular flexibility index (Phi) is 5.01. The molecule has 3 rings (SSSR count). The smallest absolute Gasteiger partial charge is 0.307 e. The molecule has 5 heteroatoms. The van der Waals surface area contributed by atoms with Crippen molar-refractivity contribution in [1.29, 1.82) is 0 Å². The highest BCUT2D eigenvalue weighted by molar-refractivity contribution is 5.70. The lowest BCUT2D eigenvalue weighted by Gasteiger charge is -2.16. The third-order valence-corrected chi connectivity index (χ3v) is 4.20. The lowest BCUT2D eigenvalue weighted by molar-refractivity contribution is -0.141. The van der Waals surface area contributed by atoms with Crippen molar-refractivity contribution in [2.45, 2.75) is 13.0 Å². The Morgan fingerprint density at radius 1 is 1.17 bits per heavy atom. The van der Waals surface area contributed by atoms with E-state index >= 15 is 0 Å². The van der Waals surface area contributed by atoms with Crippen LogP contribution in [-0.4, -0.2) is 36.2 Å². The molecular weight excluding hydrogens is 306 g/mol. The number of hydrogen-bond donors (Lipinski definition) is 1. The molecule has 24 heavy (non-hydrogen) atoms. The van der Waals surface area contributed by atoms with Gasteiger partial charge in [0.05, 0.1) is 13.0 Å². The van der Waals surface area contributed by atoms with Gasteiger partial charge in [0.2, 0.25) is 0 Å². The molecule has 1 aliphatic heterocycles. The minimum atomic E-state index is -0.701. The molecule has 1 saturated heterocycles. The Morgan fingerprint density at radius 2 is 1.88 bits per heavy atom. The van der Waals surface area contributed by atoms with Crippen LogP contribution in [0.15, 0.2) is 48.5 Å². The quantitative estimate of drug-likeness (QED) is 0.881. The molecule has 0 amide bonds. The fourth-order valence-electron chi connectivity index (χ4n) is 2.94. The van der Waals surface area contributed by atoms with Crippen LogP contribution in [0.4, 0.5) is 0 Å². The fourth-order valence-corrected chi connectivity index (χ4v) is 2.94. The Bertz CT molecular complexity index is 716. The standard InChI is InChI=1S/C19H21NO4/c1-23-16-5-3-7-18(11-16)24-17-6-2-4-14(10-17)12-20-9-8-15(13-20)19(21)22/h2-7,10-11,15H,8-9,12-13H2,1H3,(H,21,22). The summed E-state index contributed by atoms with van der Waals surface area (Å²) >= 11 is 0. The number of rotatable bonds is 6. The molecule has 0 aliphatic carbocycles. The van der Waals surface area contributed by atoms with Gasteiger partial charge in [0.15, 0.2) is 0 Å². The predicted octanol–water partition coefficient (Wildman–Crippen LogP) is 3.39. The summed E-state index contributed by atoms with van der Waals surface area (Å²) < 4.78 is 11.1. The number of aliphatic carboxylic acids is 1. The number of hydrogen-bond acceptors (Lipinski definition) is 4. The Morgan fingerprint density at radius 3 is 2.58 bits per heavy atom. The number of carboxylic acid groups (broad SMARTS) is 1. The van der Waals surface area contributed by atoms with Gasteiger partial charge in [0, 0.05) is 19.2 Å². The first-order valence-electron chi connectivity index (χ1n) is 8.00. The first-order valence-corrected chi connectivity index (χ1v) is 8.00. The molecule has 1 heterocycles. The lowest BCUT2D eigenvalue weighted by Crippen LogP contribution is -2.22. The van der Waals surface area contributed by atoms with E-state index in [1.54, 1.807) is 7.11 Å². The molecule has 0 saturated carbocycles. The van der Waals surface area contributed by atoms with E-state index in [0.717, 1.165) is 42.3 Å². The van der Waals surface area contributed by atoms with Crippen LogP contribution in [0.5, 0.6) is 17.2 Å². The maximum Gasteiger partial charge on any atom is 0.307 e. The van der Waals surface area contributed by atoms with E-state index in [1.165, 1.54) is 0 Å². The normalized spacial score (nSPS) is 17.6. The van der Waals surface area contributed by atoms with Crippen molar-refractivity contribution in [2.24, 2.45) is 5.92 Å². The maximum atomic E-state index is 11.1.